The van der Waals surface area contributed by atoms with Gasteiger partial charge < -0.3 is 4.57 Å². The average Bonchev–Trinajstić information content (AvgIpc) is 3.37. The monoisotopic (exact) mass is 336 g/mol. The summed E-state index contributed by atoms with van der Waals surface area (Å²) in [6, 6.07) is 8.46. The van der Waals surface area contributed by atoms with E-state index in [9.17, 15) is 14.9 Å². The van der Waals surface area contributed by atoms with Crippen molar-refractivity contribution in [1.82, 2.24) is 14.5 Å². The lowest BCUT2D eigenvalue weighted by Gasteiger charge is -2.08. The quantitative estimate of drug-likeness (QED) is 0.404. The number of nitrogens with zero attached hydrogens (tertiary/aromatic N) is 4. The van der Waals surface area contributed by atoms with Gasteiger partial charge in [-0.05, 0) is 18.9 Å². The summed E-state index contributed by atoms with van der Waals surface area (Å²) in [5.74, 6) is 0.912. The summed E-state index contributed by atoms with van der Waals surface area (Å²) in [4.78, 5) is 31.9. The zero-order valence-corrected chi connectivity index (χ0v) is 13.7. The molecule has 4 rings (SSSR count). The number of nitro groups is 1. The molecular formula is C18H16N4O3. The third kappa shape index (κ3) is 2.77. The molecule has 1 aromatic carbocycles. The minimum absolute atomic E-state index is 0.0765. The van der Waals surface area contributed by atoms with Gasteiger partial charge in [0.05, 0.1) is 11.5 Å². The Hall–Kier alpha value is -3.09. The maximum Gasteiger partial charge on any atom is 0.274 e. The Labute approximate surface area is 143 Å². The smallest absolute Gasteiger partial charge is 0.274 e. The van der Waals surface area contributed by atoms with E-state index >= 15 is 0 Å². The van der Waals surface area contributed by atoms with Crippen molar-refractivity contribution >= 4 is 22.5 Å². The molecule has 0 unspecified atom stereocenters. The first kappa shape index (κ1) is 15.4. The van der Waals surface area contributed by atoms with Crippen LogP contribution in [0.25, 0.3) is 11.0 Å². The molecule has 0 amide bonds. The number of nitro benzene ring substituents is 1. The molecule has 1 aliphatic rings. The Morgan fingerprint density at radius 1 is 1.28 bits per heavy atom. The lowest BCUT2D eigenvalue weighted by molar-refractivity contribution is -0.385. The predicted octanol–water partition coefficient (Wildman–Crippen LogP) is 3.47. The summed E-state index contributed by atoms with van der Waals surface area (Å²) in [5, 5.41) is 11.9. The van der Waals surface area contributed by atoms with Crippen molar-refractivity contribution in [2.75, 3.05) is 0 Å². The number of Topliss-reactive ketones (excluding diaryl/α,β-unsaturated/α-hetero) is 1. The van der Waals surface area contributed by atoms with E-state index in [4.69, 9.17) is 0 Å². The molecule has 0 spiro atoms. The van der Waals surface area contributed by atoms with Crippen molar-refractivity contribution in [3.63, 3.8) is 0 Å². The Bertz CT molecular complexity index is 1000. The van der Waals surface area contributed by atoms with Gasteiger partial charge in [0.25, 0.3) is 5.69 Å². The SMILES string of the molecule is CC(=O)c1nc(C2CC2)nc2c1ccn2Cc1ccccc1[N+](=O)[O-]. The maximum absolute atomic E-state index is 12.0. The van der Waals surface area contributed by atoms with Gasteiger partial charge in [-0.1, -0.05) is 18.2 Å². The van der Waals surface area contributed by atoms with Gasteiger partial charge in [0.2, 0.25) is 0 Å². The lowest BCUT2D eigenvalue weighted by Crippen LogP contribution is -2.07. The summed E-state index contributed by atoms with van der Waals surface area (Å²) < 4.78 is 1.84. The molecule has 1 saturated carbocycles. The number of para-hydroxylation sites is 1. The zero-order chi connectivity index (χ0) is 17.6. The van der Waals surface area contributed by atoms with Crippen molar-refractivity contribution in [3.8, 4) is 0 Å². The van der Waals surface area contributed by atoms with E-state index in [0.717, 1.165) is 12.8 Å². The van der Waals surface area contributed by atoms with Crippen LogP contribution in [0.3, 0.4) is 0 Å². The molecule has 0 radical (unpaired) electrons. The van der Waals surface area contributed by atoms with Crippen LogP contribution in [0.2, 0.25) is 0 Å². The molecule has 0 aliphatic heterocycles. The second-order valence-corrected chi connectivity index (χ2v) is 6.33. The van der Waals surface area contributed by atoms with Gasteiger partial charge in [-0.25, -0.2) is 9.97 Å². The van der Waals surface area contributed by atoms with Crippen LogP contribution in [0.5, 0.6) is 0 Å². The number of carbonyl (C=O) groups is 1. The van der Waals surface area contributed by atoms with Crippen LogP contribution >= 0.6 is 0 Å². The van der Waals surface area contributed by atoms with Gasteiger partial charge >= 0.3 is 0 Å². The van der Waals surface area contributed by atoms with Crippen LogP contribution in [0.4, 0.5) is 5.69 Å². The first-order chi connectivity index (χ1) is 12.0. The highest BCUT2D eigenvalue weighted by Gasteiger charge is 2.29. The van der Waals surface area contributed by atoms with Crippen LogP contribution in [-0.2, 0) is 6.54 Å². The number of hydrogen-bond acceptors (Lipinski definition) is 5. The molecule has 7 nitrogen and oxygen atoms in total. The fraction of sp³-hybridized carbons (Fsp3) is 0.278. The molecule has 0 N–H and O–H groups in total. The van der Waals surface area contributed by atoms with E-state index in [1.54, 1.807) is 30.5 Å². The van der Waals surface area contributed by atoms with Crippen LogP contribution in [-0.4, -0.2) is 25.2 Å². The summed E-state index contributed by atoms with van der Waals surface area (Å²) in [6.07, 6.45) is 3.88. The molecule has 25 heavy (non-hydrogen) atoms. The van der Waals surface area contributed by atoms with Crippen LogP contribution in [0, 0.1) is 10.1 Å². The van der Waals surface area contributed by atoms with Gasteiger partial charge in [0.15, 0.2) is 5.78 Å². The van der Waals surface area contributed by atoms with Crippen molar-refractivity contribution < 1.29 is 9.72 Å². The number of carbonyl (C=O) groups excluding carboxylic acids is 1. The third-order valence-electron chi connectivity index (χ3n) is 4.44. The number of fused-ring (bicyclic) bond motifs is 1. The number of aromatic nitrogens is 3. The van der Waals surface area contributed by atoms with Gasteiger partial charge in [-0.15, -0.1) is 0 Å². The minimum atomic E-state index is -0.382. The number of ketones is 1. The normalized spacial score (nSPS) is 14.0. The largest absolute Gasteiger partial charge is 0.328 e. The van der Waals surface area contributed by atoms with Crippen molar-refractivity contribution in [2.24, 2.45) is 0 Å². The van der Waals surface area contributed by atoms with Crippen LogP contribution in [0.1, 0.15) is 47.6 Å². The van der Waals surface area contributed by atoms with E-state index in [1.165, 1.54) is 13.0 Å². The molecule has 1 aliphatic carbocycles. The molecule has 2 heterocycles. The van der Waals surface area contributed by atoms with Crippen molar-refractivity contribution in [1.29, 1.82) is 0 Å². The van der Waals surface area contributed by atoms with E-state index in [-0.39, 0.29) is 16.4 Å². The van der Waals surface area contributed by atoms with E-state index in [2.05, 4.69) is 9.97 Å². The molecule has 0 saturated heterocycles. The molecule has 126 valence electrons. The summed E-state index contributed by atoms with van der Waals surface area (Å²) in [5.41, 5.74) is 1.75. The van der Waals surface area contributed by atoms with Gasteiger partial charge in [-0.2, -0.15) is 0 Å². The lowest BCUT2D eigenvalue weighted by atomic mass is 10.2. The highest BCUT2D eigenvalue weighted by molar-refractivity contribution is 6.03. The Morgan fingerprint density at radius 3 is 2.72 bits per heavy atom. The fourth-order valence-corrected chi connectivity index (χ4v) is 3.01. The molecular weight excluding hydrogens is 320 g/mol. The minimum Gasteiger partial charge on any atom is -0.328 e. The van der Waals surface area contributed by atoms with Gasteiger partial charge in [-0.3, -0.25) is 14.9 Å². The van der Waals surface area contributed by atoms with E-state index < -0.39 is 0 Å². The second-order valence-electron chi connectivity index (χ2n) is 6.33. The van der Waals surface area contributed by atoms with Crippen LogP contribution in [0.15, 0.2) is 36.5 Å². The molecule has 3 aromatic rings. The first-order valence-corrected chi connectivity index (χ1v) is 8.14. The Balaban J connectivity index is 1.83. The number of rotatable bonds is 5. The summed E-state index contributed by atoms with van der Waals surface area (Å²) in [7, 11) is 0. The number of benzene rings is 1. The highest BCUT2D eigenvalue weighted by atomic mass is 16.6. The fourth-order valence-electron chi connectivity index (χ4n) is 3.01. The summed E-state index contributed by atoms with van der Waals surface area (Å²) in [6.45, 7) is 1.82. The van der Waals surface area contributed by atoms with E-state index in [0.29, 0.717) is 40.6 Å². The third-order valence-corrected chi connectivity index (χ3v) is 4.44. The molecule has 0 atom stereocenters. The van der Waals surface area contributed by atoms with Crippen molar-refractivity contribution in [2.45, 2.75) is 32.2 Å². The Morgan fingerprint density at radius 2 is 2.04 bits per heavy atom. The first-order valence-electron chi connectivity index (χ1n) is 8.14. The van der Waals surface area contributed by atoms with Gasteiger partial charge in [0, 0.05) is 36.1 Å². The van der Waals surface area contributed by atoms with Crippen molar-refractivity contribution in [3.05, 3.63) is 63.7 Å². The topological polar surface area (TPSA) is 90.9 Å². The van der Waals surface area contributed by atoms with E-state index in [1.807, 2.05) is 4.57 Å². The molecule has 0 bridgehead atoms. The average molecular weight is 336 g/mol. The molecule has 1 fully saturated rings. The predicted molar refractivity (Wildman–Crippen MR) is 91.7 cm³/mol. The molecule has 7 heteroatoms. The van der Waals surface area contributed by atoms with Gasteiger partial charge in [0.1, 0.15) is 17.2 Å². The zero-order valence-electron chi connectivity index (χ0n) is 13.7. The highest BCUT2D eigenvalue weighted by Crippen LogP contribution is 2.39. The molecule has 2 aromatic heterocycles. The summed E-state index contributed by atoms with van der Waals surface area (Å²) >= 11 is 0. The standard InChI is InChI=1S/C18H16N4O3/c1-11(23)16-14-8-9-21(18(14)20-17(19-16)12-6-7-12)10-13-4-2-3-5-15(13)22(24)25/h2-5,8-9,12H,6-7,10H2,1H3. The second kappa shape index (κ2) is 5.77. The number of hydrogen-bond donors (Lipinski definition) is 0. The van der Waals surface area contributed by atoms with Crippen LogP contribution < -0.4 is 0 Å². The Kier molecular flexibility index (Phi) is 3.56. The maximum atomic E-state index is 12.0.